The maximum absolute atomic E-state index is 12.0. The van der Waals surface area contributed by atoms with E-state index >= 15 is 0 Å². The summed E-state index contributed by atoms with van der Waals surface area (Å²) in [6, 6.07) is 8.15. The number of benzene rings is 1. The maximum Gasteiger partial charge on any atom is 1.00 e. The first-order valence-corrected chi connectivity index (χ1v) is 13.4. The second-order valence-corrected chi connectivity index (χ2v) is 8.97. The number of nitrogens with two attached hydrogens (primary N) is 3. The zero-order valence-electron chi connectivity index (χ0n) is 24.8. The van der Waals surface area contributed by atoms with Gasteiger partial charge < -0.3 is 34.3 Å². The number of nitrogens with zero attached hydrogens (tertiary/aromatic N) is 1. The van der Waals surface area contributed by atoms with E-state index in [1.54, 1.807) is 4.90 Å². The molecule has 0 bridgehead atoms. The molecular formula is C29H54KN5O2. The third-order valence-electron chi connectivity index (χ3n) is 5.54. The van der Waals surface area contributed by atoms with Crippen LogP contribution in [-0.2, 0) is 9.59 Å². The summed E-state index contributed by atoms with van der Waals surface area (Å²) in [6.07, 6.45) is 6.54. The number of likely N-dealkylation sites (tertiary alicyclic amines) is 1. The molecule has 208 valence electrons. The first-order chi connectivity index (χ1) is 17.0. The summed E-state index contributed by atoms with van der Waals surface area (Å²) < 4.78 is 0. The number of amides is 2. The third kappa shape index (κ3) is 20.8. The zero-order valence-corrected chi connectivity index (χ0v) is 27.9. The molecule has 2 fully saturated rings. The van der Waals surface area contributed by atoms with Crippen molar-refractivity contribution < 1.29 is 61.0 Å². The van der Waals surface area contributed by atoms with E-state index in [1.807, 2.05) is 20.8 Å². The Hall–Kier alpha value is -0.744. The number of hydrogen-bond acceptors (Lipinski definition) is 5. The van der Waals surface area contributed by atoms with Crippen LogP contribution in [0.1, 0.15) is 83.8 Å². The van der Waals surface area contributed by atoms with Gasteiger partial charge in [0, 0.05) is 12.2 Å². The smallest absolute Gasteiger partial charge is 0.403 e. The van der Waals surface area contributed by atoms with Crippen molar-refractivity contribution in [3.8, 4) is 0 Å². The average Bonchev–Trinajstić information content (AvgIpc) is 3.56. The number of aryl methyl sites for hydroxylation is 2. The van der Waals surface area contributed by atoms with Gasteiger partial charge in [-0.05, 0) is 52.5 Å². The summed E-state index contributed by atoms with van der Waals surface area (Å²) in [4.78, 5) is 24.8. The summed E-state index contributed by atoms with van der Waals surface area (Å²) >= 11 is 0. The molecule has 0 saturated carbocycles. The molecule has 2 amide bonds. The van der Waals surface area contributed by atoms with Gasteiger partial charge in [0.2, 0.25) is 11.8 Å². The molecule has 1 aromatic rings. The zero-order chi connectivity index (χ0) is 28.1. The Morgan fingerprint density at radius 2 is 1.57 bits per heavy atom. The standard InChI is InChI=1S/C10H17N3O2.C8H10.C5H11N.C4H10N.C2H6.K/c11-9(14)8-4-2-6-13(8)10(15)7-3-1-5-12-7;1-7-3-5-8(2)6-4-7;1-3-4-5(2)6;1-3-4(2)5;1-2;/h7-8,12H,1-6H2,(H2,11,14);3-6H,1-2H3;2-4,6H2,1H3;4H,2-3,5H2,1H3;1-2H3;/q;;;-1;;+1/t;;;4-;;/m...1../s1. The summed E-state index contributed by atoms with van der Waals surface area (Å²) in [5.41, 5.74) is 19.1. The van der Waals surface area contributed by atoms with Gasteiger partial charge in [0.25, 0.3) is 0 Å². The van der Waals surface area contributed by atoms with E-state index in [-0.39, 0.29) is 81.3 Å². The molecule has 3 atom stereocenters. The van der Waals surface area contributed by atoms with Crippen LogP contribution in [0.3, 0.4) is 0 Å². The molecule has 7 nitrogen and oxygen atoms in total. The topological polar surface area (TPSA) is 127 Å². The number of allylic oxidation sites excluding steroid dienone is 1. The number of rotatable bonds is 5. The summed E-state index contributed by atoms with van der Waals surface area (Å²) in [6.45, 7) is 20.9. The van der Waals surface area contributed by atoms with Gasteiger partial charge >= 0.3 is 51.4 Å². The molecule has 0 aromatic heterocycles. The number of carbonyl (C=O) groups excluding carboxylic acids is 2. The molecule has 1 aromatic carbocycles. The quantitative estimate of drug-likeness (QED) is 0.329. The van der Waals surface area contributed by atoms with Gasteiger partial charge in [-0.1, -0.05) is 82.5 Å². The van der Waals surface area contributed by atoms with Crippen molar-refractivity contribution in [2.24, 2.45) is 17.2 Å². The fraction of sp³-hybridized carbons (Fsp3) is 0.621. The van der Waals surface area contributed by atoms with Crippen LogP contribution in [0, 0.1) is 20.8 Å². The molecule has 2 heterocycles. The fourth-order valence-electron chi connectivity index (χ4n) is 3.38. The van der Waals surface area contributed by atoms with Gasteiger partial charge in [0.1, 0.15) is 6.04 Å². The molecule has 3 rings (SSSR count). The SMILES string of the molecule is C=C(N)CCC.CC.Cc1ccc(C)cc1.NC(=O)C1CCCN1C(=O)C1CCCN1.[CH2-][C@@H](N)CC.[K+]. The van der Waals surface area contributed by atoms with Crippen molar-refractivity contribution >= 4 is 11.8 Å². The Morgan fingerprint density at radius 1 is 1.08 bits per heavy atom. The van der Waals surface area contributed by atoms with E-state index in [0.717, 1.165) is 50.8 Å². The fourth-order valence-corrected chi connectivity index (χ4v) is 3.38. The molecule has 0 spiro atoms. The predicted octanol–water partition coefficient (Wildman–Crippen LogP) is 1.37. The van der Waals surface area contributed by atoms with Gasteiger partial charge in [-0.2, -0.15) is 0 Å². The average molecular weight is 544 g/mol. The van der Waals surface area contributed by atoms with Crippen molar-refractivity contribution in [2.45, 2.75) is 105 Å². The molecule has 2 aliphatic heterocycles. The van der Waals surface area contributed by atoms with Crippen LogP contribution >= 0.6 is 0 Å². The van der Waals surface area contributed by atoms with Gasteiger partial charge in [0.15, 0.2) is 0 Å². The van der Waals surface area contributed by atoms with Crippen LogP contribution in [0.5, 0.6) is 0 Å². The van der Waals surface area contributed by atoms with Crippen LogP contribution in [0.15, 0.2) is 36.5 Å². The Morgan fingerprint density at radius 3 is 1.86 bits per heavy atom. The van der Waals surface area contributed by atoms with Crippen LogP contribution < -0.4 is 73.9 Å². The Balaban J connectivity index is -0.000000448. The van der Waals surface area contributed by atoms with Crippen molar-refractivity contribution in [2.75, 3.05) is 13.1 Å². The van der Waals surface area contributed by atoms with E-state index in [4.69, 9.17) is 17.2 Å². The van der Waals surface area contributed by atoms with E-state index in [1.165, 1.54) is 11.1 Å². The molecule has 8 heteroatoms. The number of nitrogens with one attached hydrogen (secondary N) is 1. The summed E-state index contributed by atoms with van der Waals surface area (Å²) in [5.74, 6) is -0.326. The molecule has 2 unspecified atom stereocenters. The summed E-state index contributed by atoms with van der Waals surface area (Å²) in [5, 5.41) is 3.15. The molecule has 2 saturated heterocycles. The molecular weight excluding hydrogens is 489 g/mol. The Bertz CT molecular complexity index is 699. The molecule has 0 radical (unpaired) electrons. The van der Waals surface area contributed by atoms with Crippen molar-refractivity contribution in [1.82, 2.24) is 10.2 Å². The van der Waals surface area contributed by atoms with Crippen LogP contribution in [0.2, 0.25) is 0 Å². The molecule has 7 N–H and O–H groups in total. The van der Waals surface area contributed by atoms with E-state index < -0.39 is 0 Å². The maximum atomic E-state index is 12.0. The van der Waals surface area contributed by atoms with Gasteiger partial charge in [-0.15, -0.1) is 6.04 Å². The minimum absolute atomic E-state index is 0. The second kappa shape index (κ2) is 25.5. The first kappa shape index (κ1) is 40.7. The van der Waals surface area contributed by atoms with Crippen LogP contribution in [0.4, 0.5) is 0 Å². The first-order valence-electron chi connectivity index (χ1n) is 13.4. The largest absolute Gasteiger partial charge is 1.00 e. The molecule has 37 heavy (non-hydrogen) atoms. The van der Waals surface area contributed by atoms with E-state index in [2.05, 4.69) is 63.9 Å². The normalized spacial score (nSPS) is 18.0. The summed E-state index contributed by atoms with van der Waals surface area (Å²) in [7, 11) is 0. The second-order valence-electron chi connectivity index (χ2n) is 8.97. The van der Waals surface area contributed by atoms with Gasteiger partial charge in [-0.25, -0.2) is 0 Å². The number of carbonyl (C=O) groups is 2. The van der Waals surface area contributed by atoms with E-state index in [9.17, 15) is 9.59 Å². The molecule has 0 aliphatic carbocycles. The predicted molar refractivity (Wildman–Crippen MR) is 154 cm³/mol. The van der Waals surface area contributed by atoms with Crippen LogP contribution in [0.25, 0.3) is 0 Å². The monoisotopic (exact) mass is 543 g/mol. The van der Waals surface area contributed by atoms with Gasteiger partial charge in [0.05, 0.1) is 6.04 Å². The molecule has 2 aliphatic rings. The Labute approximate surface area is 270 Å². The third-order valence-corrected chi connectivity index (χ3v) is 5.54. The van der Waals surface area contributed by atoms with Crippen LogP contribution in [-0.4, -0.2) is 47.9 Å². The van der Waals surface area contributed by atoms with Gasteiger partial charge in [-0.3, -0.25) is 9.59 Å². The number of primary amides is 1. The Kier molecular flexibility index (Phi) is 28.1. The van der Waals surface area contributed by atoms with Crippen molar-refractivity contribution in [3.05, 3.63) is 54.6 Å². The minimum atomic E-state index is -0.376. The number of hydrogen-bond donors (Lipinski definition) is 4. The van der Waals surface area contributed by atoms with E-state index in [0.29, 0.717) is 13.0 Å². The minimum Gasteiger partial charge on any atom is -0.403 e. The van der Waals surface area contributed by atoms with Crippen molar-refractivity contribution in [3.63, 3.8) is 0 Å². The van der Waals surface area contributed by atoms with Crippen molar-refractivity contribution in [1.29, 1.82) is 0 Å².